The topological polar surface area (TPSA) is 20.2 Å². The molecule has 66 valence electrons. The average molecular weight is 164 g/mol. The Morgan fingerprint density at radius 3 is 2.67 bits per heavy atom. The summed E-state index contributed by atoms with van der Waals surface area (Å²) >= 11 is 0. The van der Waals surface area contributed by atoms with Crippen molar-refractivity contribution in [1.29, 1.82) is 0 Å². The molecule has 0 bridgehead atoms. The highest BCUT2D eigenvalue weighted by Gasteiger charge is 2.06. The fourth-order valence-corrected chi connectivity index (χ4v) is 1.18. The highest BCUT2D eigenvalue weighted by atomic mass is 16.3. The number of hydrogen-bond donors (Lipinski definition) is 1. The van der Waals surface area contributed by atoms with Gasteiger partial charge in [0.05, 0.1) is 0 Å². The molecule has 1 N–H and O–H groups in total. The van der Waals surface area contributed by atoms with Gasteiger partial charge in [-0.05, 0) is 45.1 Å². The van der Waals surface area contributed by atoms with E-state index in [1.165, 1.54) is 18.4 Å². The SMILES string of the molecule is CC(C)(O)C#CC1=CCCCC1. The fraction of sp³-hybridized carbons (Fsp3) is 0.636. The Labute approximate surface area is 74.5 Å². The maximum Gasteiger partial charge on any atom is 0.120 e. The Hall–Kier alpha value is -0.740. The molecule has 0 aromatic carbocycles. The monoisotopic (exact) mass is 164 g/mol. The minimum absolute atomic E-state index is 0.849. The zero-order chi connectivity index (χ0) is 9.03. The lowest BCUT2D eigenvalue weighted by atomic mass is 9.99. The summed E-state index contributed by atoms with van der Waals surface area (Å²) in [5.74, 6) is 5.85. The molecule has 0 aromatic heterocycles. The van der Waals surface area contributed by atoms with Crippen molar-refractivity contribution in [2.75, 3.05) is 0 Å². The average Bonchev–Trinajstić information content (AvgIpc) is 2.02. The zero-order valence-corrected chi connectivity index (χ0v) is 7.85. The zero-order valence-electron chi connectivity index (χ0n) is 7.85. The molecular formula is C11H16O. The van der Waals surface area contributed by atoms with Crippen molar-refractivity contribution in [3.05, 3.63) is 11.6 Å². The van der Waals surface area contributed by atoms with Gasteiger partial charge in [-0.25, -0.2) is 0 Å². The summed E-state index contributed by atoms with van der Waals surface area (Å²) in [5.41, 5.74) is 0.349. The van der Waals surface area contributed by atoms with E-state index in [1.807, 2.05) is 0 Å². The van der Waals surface area contributed by atoms with Crippen LogP contribution in [-0.4, -0.2) is 10.7 Å². The van der Waals surface area contributed by atoms with E-state index < -0.39 is 5.60 Å². The Morgan fingerprint density at radius 2 is 2.17 bits per heavy atom. The molecule has 0 saturated heterocycles. The molecule has 0 radical (unpaired) electrons. The van der Waals surface area contributed by atoms with Gasteiger partial charge in [-0.3, -0.25) is 0 Å². The van der Waals surface area contributed by atoms with Crippen molar-refractivity contribution in [3.63, 3.8) is 0 Å². The minimum atomic E-state index is -0.849. The summed E-state index contributed by atoms with van der Waals surface area (Å²) in [7, 11) is 0. The number of hydrogen-bond acceptors (Lipinski definition) is 1. The Balaban J connectivity index is 2.58. The van der Waals surface area contributed by atoms with E-state index >= 15 is 0 Å². The second-order valence-corrected chi connectivity index (χ2v) is 3.78. The quantitative estimate of drug-likeness (QED) is 0.544. The van der Waals surface area contributed by atoms with Gasteiger partial charge in [-0.15, -0.1) is 0 Å². The molecule has 0 unspecified atom stereocenters. The predicted molar refractivity (Wildman–Crippen MR) is 50.6 cm³/mol. The van der Waals surface area contributed by atoms with Crippen LogP contribution in [0.5, 0.6) is 0 Å². The van der Waals surface area contributed by atoms with E-state index in [-0.39, 0.29) is 0 Å². The van der Waals surface area contributed by atoms with Crippen molar-refractivity contribution >= 4 is 0 Å². The largest absolute Gasteiger partial charge is 0.378 e. The third-order valence-electron chi connectivity index (χ3n) is 1.82. The maximum atomic E-state index is 9.35. The first kappa shape index (κ1) is 9.35. The molecule has 0 saturated carbocycles. The number of rotatable bonds is 0. The highest BCUT2D eigenvalue weighted by Crippen LogP contribution is 2.16. The molecule has 1 heteroatoms. The van der Waals surface area contributed by atoms with Gasteiger partial charge in [0.25, 0.3) is 0 Å². The van der Waals surface area contributed by atoms with Gasteiger partial charge >= 0.3 is 0 Å². The second kappa shape index (κ2) is 3.78. The summed E-state index contributed by atoms with van der Waals surface area (Å²) in [6, 6.07) is 0. The second-order valence-electron chi connectivity index (χ2n) is 3.78. The maximum absolute atomic E-state index is 9.35. The molecule has 0 aromatic rings. The third kappa shape index (κ3) is 3.59. The van der Waals surface area contributed by atoms with Crippen molar-refractivity contribution in [2.45, 2.75) is 45.1 Å². The molecule has 0 heterocycles. The smallest absolute Gasteiger partial charge is 0.120 e. The summed E-state index contributed by atoms with van der Waals surface area (Å²) in [6.45, 7) is 3.42. The van der Waals surface area contributed by atoms with E-state index in [1.54, 1.807) is 13.8 Å². The van der Waals surface area contributed by atoms with E-state index in [9.17, 15) is 5.11 Å². The van der Waals surface area contributed by atoms with Crippen molar-refractivity contribution in [3.8, 4) is 11.8 Å². The van der Waals surface area contributed by atoms with Gasteiger partial charge in [0.2, 0.25) is 0 Å². The molecule has 12 heavy (non-hydrogen) atoms. The van der Waals surface area contributed by atoms with Crippen LogP contribution in [0, 0.1) is 11.8 Å². The van der Waals surface area contributed by atoms with Gasteiger partial charge in [0.15, 0.2) is 0 Å². The molecule has 1 aliphatic rings. The molecule has 0 atom stereocenters. The Bertz CT molecular complexity index is 232. The lowest BCUT2D eigenvalue weighted by molar-refractivity contribution is 0.143. The van der Waals surface area contributed by atoms with Crippen LogP contribution in [0.1, 0.15) is 39.5 Å². The van der Waals surface area contributed by atoms with Gasteiger partial charge in [-0.1, -0.05) is 17.9 Å². The molecule has 0 amide bonds. The molecule has 0 aliphatic heterocycles. The lowest BCUT2D eigenvalue weighted by Crippen LogP contribution is -2.14. The van der Waals surface area contributed by atoms with Gasteiger partial charge in [-0.2, -0.15) is 0 Å². The summed E-state index contributed by atoms with van der Waals surface area (Å²) in [5, 5.41) is 9.35. The summed E-state index contributed by atoms with van der Waals surface area (Å²) < 4.78 is 0. The molecule has 1 rings (SSSR count). The van der Waals surface area contributed by atoms with Crippen LogP contribution < -0.4 is 0 Å². The highest BCUT2D eigenvalue weighted by molar-refractivity contribution is 5.31. The van der Waals surface area contributed by atoms with E-state index in [0.29, 0.717) is 0 Å². The summed E-state index contributed by atoms with van der Waals surface area (Å²) in [4.78, 5) is 0. The molecule has 1 aliphatic carbocycles. The minimum Gasteiger partial charge on any atom is -0.378 e. The number of aliphatic hydroxyl groups is 1. The molecular weight excluding hydrogens is 148 g/mol. The van der Waals surface area contributed by atoms with Crippen LogP contribution >= 0.6 is 0 Å². The van der Waals surface area contributed by atoms with Crippen LogP contribution in [0.15, 0.2) is 11.6 Å². The Morgan fingerprint density at radius 1 is 1.42 bits per heavy atom. The normalized spacial score (nSPS) is 17.8. The standard InChI is InChI=1S/C11H16O/c1-11(2,12)9-8-10-6-4-3-5-7-10/h6,12H,3-5,7H2,1-2H3. The van der Waals surface area contributed by atoms with Gasteiger partial charge in [0, 0.05) is 0 Å². The van der Waals surface area contributed by atoms with Crippen LogP contribution in [0.3, 0.4) is 0 Å². The van der Waals surface area contributed by atoms with Crippen LogP contribution in [0.25, 0.3) is 0 Å². The first-order valence-corrected chi connectivity index (χ1v) is 4.52. The fourth-order valence-electron chi connectivity index (χ4n) is 1.18. The van der Waals surface area contributed by atoms with Gasteiger partial charge in [0.1, 0.15) is 5.60 Å². The van der Waals surface area contributed by atoms with Crippen LogP contribution in [0.4, 0.5) is 0 Å². The lowest BCUT2D eigenvalue weighted by Gasteiger charge is -2.09. The molecule has 0 spiro atoms. The van der Waals surface area contributed by atoms with Crippen molar-refractivity contribution in [2.24, 2.45) is 0 Å². The first-order chi connectivity index (χ1) is 5.58. The van der Waals surface area contributed by atoms with E-state index in [2.05, 4.69) is 17.9 Å². The first-order valence-electron chi connectivity index (χ1n) is 4.52. The van der Waals surface area contributed by atoms with Crippen LogP contribution in [0.2, 0.25) is 0 Å². The van der Waals surface area contributed by atoms with Gasteiger partial charge < -0.3 is 5.11 Å². The number of allylic oxidation sites excluding steroid dienone is 2. The van der Waals surface area contributed by atoms with Crippen molar-refractivity contribution in [1.82, 2.24) is 0 Å². The third-order valence-corrected chi connectivity index (χ3v) is 1.82. The van der Waals surface area contributed by atoms with Crippen LogP contribution in [-0.2, 0) is 0 Å². The molecule has 0 fully saturated rings. The summed E-state index contributed by atoms with van der Waals surface area (Å²) in [6.07, 6.45) is 6.95. The Kier molecular flexibility index (Phi) is 2.94. The van der Waals surface area contributed by atoms with E-state index in [4.69, 9.17) is 0 Å². The molecule has 1 nitrogen and oxygen atoms in total. The predicted octanol–water partition coefficient (Wildman–Crippen LogP) is 2.26. The van der Waals surface area contributed by atoms with Crippen molar-refractivity contribution < 1.29 is 5.11 Å². The van der Waals surface area contributed by atoms with E-state index in [0.717, 1.165) is 12.8 Å².